The zero-order chi connectivity index (χ0) is 15.0. The van der Waals surface area contributed by atoms with Gasteiger partial charge in [0.05, 0.1) is 20.8 Å². The lowest BCUT2D eigenvalue weighted by molar-refractivity contribution is -0.142. The molecule has 1 rings (SSSR count). The third-order valence-electron chi connectivity index (χ3n) is 2.76. The summed E-state index contributed by atoms with van der Waals surface area (Å²) >= 11 is 0. The van der Waals surface area contributed by atoms with Gasteiger partial charge in [0.2, 0.25) is 5.76 Å². The smallest absolute Gasteiger partial charge is 0.377 e. The van der Waals surface area contributed by atoms with E-state index in [9.17, 15) is 4.79 Å². The molecule has 0 saturated heterocycles. The summed E-state index contributed by atoms with van der Waals surface area (Å²) in [6.07, 6.45) is 0.816. The quantitative estimate of drug-likeness (QED) is 0.436. The minimum atomic E-state index is -0.506. The molecule has 0 spiro atoms. The van der Waals surface area contributed by atoms with Crippen LogP contribution in [0.25, 0.3) is 5.76 Å². The number of hydrogen-bond acceptors (Lipinski definition) is 4. The summed E-state index contributed by atoms with van der Waals surface area (Å²) in [4.78, 5) is 12.0. The number of carbonyl (C=O) groups excluding carboxylic acids is 1. The van der Waals surface area contributed by atoms with Crippen LogP contribution in [0.5, 0.6) is 0 Å². The zero-order valence-electron chi connectivity index (χ0n) is 12.5. The number of carbonyl (C=O) groups is 1. The van der Waals surface area contributed by atoms with Gasteiger partial charge in [-0.25, -0.2) is 4.79 Å². The van der Waals surface area contributed by atoms with E-state index in [1.165, 1.54) is 14.2 Å². The van der Waals surface area contributed by atoms with Gasteiger partial charge in [-0.2, -0.15) is 0 Å². The zero-order valence-corrected chi connectivity index (χ0v) is 12.5. The molecule has 4 nitrogen and oxygen atoms in total. The van der Waals surface area contributed by atoms with Crippen molar-refractivity contribution >= 4 is 11.7 Å². The predicted octanol–water partition coefficient (Wildman–Crippen LogP) is 3.24. The molecule has 20 heavy (non-hydrogen) atoms. The Bertz CT molecular complexity index is 449. The first kappa shape index (κ1) is 16.1. The van der Waals surface area contributed by atoms with Crippen molar-refractivity contribution in [1.82, 2.24) is 0 Å². The highest BCUT2D eigenvalue weighted by molar-refractivity contribution is 5.94. The first-order valence-electron chi connectivity index (χ1n) is 6.65. The lowest BCUT2D eigenvalue weighted by Crippen LogP contribution is -2.14. The molecule has 0 fully saturated rings. The normalized spacial score (nSPS) is 11.8. The van der Waals surface area contributed by atoms with Crippen molar-refractivity contribution in [2.24, 2.45) is 5.92 Å². The second-order valence-electron chi connectivity index (χ2n) is 4.75. The minimum absolute atomic E-state index is 0.0856. The van der Waals surface area contributed by atoms with Crippen molar-refractivity contribution in [3.63, 3.8) is 0 Å². The van der Waals surface area contributed by atoms with Gasteiger partial charge in [-0.1, -0.05) is 44.2 Å². The number of hydrogen-bond donors (Lipinski definition) is 0. The van der Waals surface area contributed by atoms with Crippen molar-refractivity contribution < 1.29 is 19.0 Å². The van der Waals surface area contributed by atoms with Crippen molar-refractivity contribution in [3.05, 3.63) is 41.7 Å². The highest BCUT2D eigenvalue weighted by atomic mass is 16.6. The highest BCUT2D eigenvalue weighted by Gasteiger charge is 2.20. The third-order valence-corrected chi connectivity index (χ3v) is 2.76. The van der Waals surface area contributed by atoms with E-state index in [4.69, 9.17) is 14.2 Å². The van der Waals surface area contributed by atoms with E-state index in [1.54, 1.807) is 0 Å². The summed E-state index contributed by atoms with van der Waals surface area (Å²) in [5.41, 5.74) is 0.771. The molecule has 0 unspecified atom stereocenters. The van der Waals surface area contributed by atoms with Crippen LogP contribution in [-0.2, 0) is 19.0 Å². The van der Waals surface area contributed by atoms with Gasteiger partial charge in [-0.3, -0.25) is 0 Å². The van der Waals surface area contributed by atoms with E-state index in [2.05, 4.69) is 13.8 Å². The van der Waals surface area contributed by atoms with Gasteiger partial charge >= 0.3 is 5.97 Å². The molecule has 0 saturated carbocycles. The number of benzene rings is 1. The fraction of sp³-hybridized carbons (Fsp3) is 0.438. The summed E-state index contributed by atoms with van der Waals surface area (Å²) in [5, 5.41) is 0. The molecule has 1 aromatic carbocycles. The van der Waals surface area contributed by atoms with Crippen molar-refractivity contribution in [1.29, 1.82) is 0 Å². The lowest BCUT2D eigenvalue weighted by Gasteiger charge is -2.13. The molecule has 0 bridgehead atoms. The van der Waals surface area contributed by atoms with Crippen molar-refractivity contribution in [2.45, 2.75) is 20.3 Å². The standard InChI is InChI=1S/C16H22O4/c1-12(2)10-11-20-16(17)15(19-4)14(18-3)13-8-6-5-7-9-13/h5-9,12H,10-11H2,1-4H3. The van der Waals surface area contributed by atoms with E-state index < -0.39 is 5.97 Å². The minimum Gasteiger partial charge on any atom is -0.492 e. The van der Waals surface area contributed by atoms with Crippen LogP contribution >= 0.6 is 0 Å². The molecule has 0 heterocycles. The van der Waals surface area contributed by atoms with Gasteiger partial charge in [0, 0.05) is 5.56 Å². The van der Waals surface area contributed by atoms with E-state index in [1.807, 2.05) is 30.3 Å². The Morgan fingerprint density at radius 2 is 1.75 bits per heavy atom. The van der Waals surface area contributed by atoms with E-state index in [0.29, 0.717) is 18.3 Å². The number of rotatable bonds is 7. The van der Waals surface area contributed by atoms with E-state index >= 15 is 0 Å². The summed E-state index contributed by atoms with van der Waals surface area (Å²) in [6.45, 7) is 4.52. The van der Waals surface area contributed by atoms with Gasteiger partial charge in [0.15, 0.2) is 5.76 Å². The van der Waals surface area contributed by atoms with Crippen LogP contribution < -0.4 is 0 Å². The Labute approximate surface area is 120 Å². The Balaban J connectivity index is 2.89. The molecule has 0 aromatic heterocycles. The average Bonchev–Trinajstić information content (AvgIpc) is 2.44. The summed E-state index contributed by atoms with van der Waals surface area (Å²) in [6, 6.07) is 9.32. The topological polar surface area (TPSA) is 44.8 Å². The summed E-state index contributed by atoms with van der Waals surface area (Å²) < 4.78 is 15.7. The second kappa shape index (κ2) is 8.25. The largest absolute Gasteiger partial charge is 0.492 e. The maximum absolute atomic E-state index is 12.0. The Morgan fingerprint density at radius 3 is 2.25 bits per heavy atom. The molecule has 0 atom stereocenters. The molecule has 0 radical (unpaired) electrons. The van der Waals surface area contributed by atoms with Crippen LogP contribution in [-0.4, -0.2) is 26.8 Å². The molecule has 0 aliphatic rings. The molecule has 4 heteroatoms. The van der Waals surface area contributed by atoms with Gasteiger partial charge < -0.3 is 14.2 Å². The lowest BCUT2D eigenvalue weighted by atomic mass is 10.1. The maximum atomic E-state index is 12.0. The Kier molecular flexibility index (Phi) is 6.64. The highest BCUT2D eigenvalue weighted by Crippen LogP contribution is 2.21. The van der Waals surface area contributed by atoms with E-state index in [0.717, 1.165) is 12.0 Å². The molecule has 0 aliphatic carbocycles. The fourth-order valence-corrected chi connectivity index (χ4v) is 1.65. The van der Waals surface area contributed by atoms with Crippen LogP contribution in [0.4, 0.5) is 0 Å². The SMILES string of the molecule is COC(C(=O)OCCC(C)C)=C(OC)c1ccccc1. The van der Waals surface area contributed by atoms with Gasteiger partial charge in [-0.15, -0.1) is 0 Å². The van der Waals surface area contributed by atoms with E-state index in [-0.39, 0.29) is 5.76 Å². The fourth-order valence-electron chi connectivity index (χ4n) is 1.65. The molecule has 0 aliphatic heterocycles. The molecule has 110 valence electrons. The number of ether oxygens (including phenoxy) is 3. The Morgan fingerprint density at radius 1 is 1.10 bits per heavy atom. The molecular weight excluding hydrogens is 256 g/mol. The average molecular weight is 278 g/mol. The van der Waals surface area contributed by atoms with Crippen molar-refractivity contribution in [2.75, 3.05) is 20.8 Å². The molecular formula is C16H22O4. The third kappa shape index (κ3) is 4.61. The predicted molar refractivity (Wildman–Crippen MR) is 77.8 cm³/mol. The van der Waals surface area contributed by atoms with Crippen LogP contribution in [0.2, 0.25) is 0 Å². The number of esters is 1. The maximum Gasteiger partial charge on any atom is 0.377 e. The monoisotopic (exact) mass is 278 g/mol. The van der Waals surface area contributed by atoms with Crippen LogP contribution in [0.3, 0.4) is 0 Å². The van der Waals surface area contributed by atoms with Crippen LogP contribution in [0.1, 0.15) is 25.8 Å². The summed E-state index contributed by atoms with van der Waals surface area (Å²) in [7, 11) is 2.93. The second-order valence-corrected chi connectivity index (χ2v) is 4.75. The van der Waals surface area contributed by atoms with Gasteiger partial charge in [0.25, 0.3) is 0 Å². The first-order chi connectivity index (χ1) is 9.60. The molecule has 1 aromatic rings. The van der Waals surface area contributed by atoms with Crippen molar-refractivity contribution in [3.8, 4) is 0 Å². The van der Waals surface area contributed by atoms with Gasteiger partial charge in [0.1, 0.15) is 0 Å². The van der Waals surface area contributed by atoms with Crippen LogP contribution in [0, 0.1) is 5.92 Å². The summed E-state index contributed by atoms with van der Waals surface area (Å²) in [5.74, 6) is 0.438. The van der Waals surface area contributed by atoms with Crippen LogP contribution in [0.15, 0.2) is 36.1 Å². The molecule has 0 amide bonds. The first-order valence-corrected chi connectivity index (χ1v) is 6.65. The Hall–Kier alpha value is -1.97. The van der Waals surface area contributed by atoms with Gasteiger partial charge in [-0.05, 0) is 12.3 Å². The molecule has 0 N–H and O–H groups in total. The number of methoxy groups -OCH3 is 2.